The van der Waals surface area contributed by atoms with Crippen molar-refractivity contribution >= 4 is 47.0 Å². The summed E-state index contributed by atoms with van der Waals surface area (Å²) >= 11 is 0. The van der Waals surface area contributed by atoms with Crippen LogP contribution in [0.15, 0.2) is 133 Å². The van der Waals surface area contributed by atoms with E-state index < -0.39 is 75.0 Å². The van der Waals surface area contributed by atoms with Crippen molar-refractivity contribution in [2.24, 2.45) is 0 Å². The van der Waals surface area contributed by atoms with Crippen LogP contribution in [0.3, 0.4) is 0 Å². The largest absolute Gasteiger partial charge is 0.494 e. The lowest BCUT2D eigenvalue weighted by Gasteiger charge is -2.19. The van der Waals surface area contributed by atoms with Crippen molar-refractivity contribution in [3.63, 3.8) is 0 Å². The predicted octanol–water partition coefficient (Wildman–Crippen LogP) is 13.3. The third-order valence-electron chi connectivity index (χ3n) is 11.8. The molecule has 0 aliphatic rings. The van der Waals surface area contributed by atoms with Gasteiger partial charge < -0.3 is 39.9 Å². The van der Waals surface area contributed by atoms with E-state index in [-0.39, 0.29) is 70.0 Å². The number of hydrogen-bond donors (Lipinski definition) is 2. The fourth-order valence-corrected chi connectivity index (χ4v) is 7.61. The Balaban J connectivity index is 1.04. The van der Waals surface area contributed by atoms with E-state index in [0.29, 0.717) is 44.8 Å². The average molecular weight is 1130 g/mol. The second-order valence-electron chi connectivity index (χ2n) is 17.7. The van der Waals surface area contributed by atoms with Gasteiger partial charge >= 0.3 is 36.1 Å². The van der Waals surface area contributed by atoms with Crippen LogP contribution in [0.2, 0.25) is 0 Å². The molecule has 0 saturated carbocycles. The van der Waals surface area contributed by atoms with Crippen LogP contribution in [0.1, 0.15) is 68.7 Å². The molecule has 0 radical (unpaired) electrons. The molecule has 0 aromatic heterocycles. The van der Waals surface area contributed by atoms with Gasteiger partial charge in [-0.3, -0.25) is 9.59 Å². The van der Waals surface area contributed by atoms with Crippen LogP contribution in [-0.4, -0.2) is 75.1 Å². The van der Waals surface area contributed by atoms with Crippen molar-refractivity contribution in [2.75, 3.05) is 38.9 Å². The normalized spacial score (nSPS) is 12.1. The minimum absolute atomic E-state index is 0.0321. The summed E-state index contributed by atoms with van der Waals surface area (Å²) in [7, 11) is 2.68. The molecule has 422 valence electrons. The highest BCUT2D eigenvalue weighted by atomic mass is 19.4. The first kappa shape index (κ1) is 60.4. The van der Waals surface area contributed by atoms with Crippen molar-refractivity contribution in [2.45, 2.75) is 62.7 Å². The van der Waals surface area contributed by atoms with E-state index in [0.717, 1.165) is 0 Å². The fraction of sp³-hybridized carbons (Fsp3) is 0.241. The van der Waals surface area contributed by atoms with Gasteiger partial charge in [0.2, 0.25) is 0 Å². The second kappa shape index (κ2) is 26.2. The number of allylic oxidation sites excluding steroid dienone is 2. The van der Waals surface area contributed by atoms with Gasteiger partial charge in [-0.2, -0.15) is 43.9 Å². The molecule has 0 amide bonds. The minimum atomic E-state index is -5.66. The van der Waals surface area contributed by atoms with Crippen LogP contribution in [0.4, 0.5) is 55.3 Å². The zero-order valence-corrected chi connectivity index (χ0v) is 42.5. The predicted molar refractivity (Wildman–Crippen MR) is 276 cm³/mol. The second-order valence-corrected chi connectivity index (χ2v) is 17.7. The number of alkyl halides is 10. The Labute approximate surface area is 451 Å². The summed E-state index contributed by atoms with van der Waals surface area (Å²) in [5, 5.41) is 0. The number of nitrogens with two attached hydrogens (primary N) is 2. The molecule has 0 heterocycles. The number of methoxy groups -OCH3 is 2. The number of benzene rings is 6. The average Bonchev–Trinajstić information content (AvgIpc) is 3.40. The van der Waals surface area contributed by atoms with Crippen LogP contribution in [0.25, 0.3) is 23.3 Å². The number of esters is 2. The zero-order chi connectivity index (χ0) is 58.4. The lowest BCUT2D eigenvalue weighted by molar-refractivity contribution is -0.284. The molecule has 12 nitrogen and oxygen atoms in total. The van der Waals surface area contributed by atoms with Gasteiger partial charge in [0.15, 0.2) is 34.6 Å². The molecule has 0 atom stereocenters. The zero-order valence-electron chi connectivity index (χ0n) is 42.5. The van der Waals surface area contributed by atoms with Gasteiger partial charge in [0.05, 0.1) is 38.6 Å². The monoisotopic (exact) mass is 1120 g/mol. The van der Waals surface area contributed by atoms with E-state index in [1.165, 1.54) is 111 Å². The summed E-state index contributed by atoms with van der Waals surface area (Å²) in [5.74, 6) is -11.3. The summed E-state index contributed by atoms with van der Waals surface area (Å²) in [6, 6.07) is 29.7. The van der Waals surface area contributed by atoms with Gasteiger partial charge in [-0.15, -0.1) is 0 Å². The Morgan fingerprint density at radius 2 is 0.825 bits per heavy atom. The molecule has 0 spiro atoms. The molecular weight excluding hydrogens is 1070 g/mol. The Morgan fingerprint density at radius 1 is 0.463 bits per heavy atom. The highest BCUT2D eigenvalue weighted by molar-refractivity contribution is 5.98. The van der Waals surface area contributed by atoms with E-state index in [1.807, 2.05) is 0 Å². The summed E-state index contributed by atoms with van der Waals surface area (Å²) in [4.78, 5) is 52.9. The standard InChI is InChI=1S/C58H50F10N2O10/c1-75-51-29-35(7-23-49(51)79-53(73)37-9-17-45(18-10-37)77-27-3-25-55(59,60)57(63,64)65)5-15-43(71)33-39-31-41(69)13-21-47(39)48-22-14-42(70)32-40(48)34-44(72)16-6-36-8-24-50(52(30-36)76-2)80-54(74)38-11-19-46(20-12-38)78-28-4-26-56(61,62)58(66,67)68/h5-24,29-32H,3-4,25-28,33-34,69-70H2,1-2H3/b15-5+,16-6+. The summed E-state index contributed by atoms with van der Waals surface area (Å²) in [5.41, 5.74) is 16.6. The Bertz CT molecular complexity index is 3020. The molecule has 0 aliphatic carbocycles. The number of anilines is 2. The molecule has 22 heteroatoms. The topological polar surface area (TPSA) is 176 Å². The first-order chi connectivity index (χ1) is 37.7. The summed E-state index contributed by atoms with van der Waals surface area (Å²) < 4.78 is 159. The van der Waals surface area contributed by atoms with E-state index in [2.05, 4.69) is 0 Å². The Morgan fingerprint density at radius 3 is 1.16 bits per heavy atom. The van der Waals surface area contributed by atoms with Crippen LogP contribution >= 0.6 is 0 Å². The highest BCUT2D eigenvalue weighted by Crippen LogP contribution is 2.40. The highest BCUT2D eigenvalue weighted by Gasteiger charge is 2.57. The molecule has 80 heavy (non-hydrogen) atoms. The third kappa shape index (κ3) is 16.6. The van der Waals surface area contributed by atoms with Gasteiger partial charge in [-0.25, -0.2) is 9.59 Å². The SMILES string of the molecule is COc1cc(/C=C/C(=O)Cc2cc(N)ccc2-c2ccc(N)cc2CC(=O)/C=C/c2ccc(OC(=O)c3ccc(OCCCC(F)(F)C(F)(F)F)cc3)c(OC)c2)ccc1OC(=O)c1ccc(OCCCC(F)(F)C(F)(F)F)cc1. The first-order valence-electron chi connectivity index (χ1n) is 24.1. The number of carbonyl (C=O) groups excluding carboxylic acids is 4. The Kier molecular flexibility index (Phi) is 19.8. The molecule has 6 aromatic carbocycles. The maximum Gasteiger partial charge on any atom is 0.453 e. The van der Waals surface area contributed by atoms with Crippen molar-refractivity contribution in [3.8, 4) is 45.6 Å². The van der Waals surface area contributed by atoms with Crippen LogP contribution in [-0.2, 0) is 22.4 Å². The van der Waals surface area contributed by atoms with Gasteiger partial charge in [0, 0.05) is 37.1 Å². The van der Waals surface area contributed by atoms with E-state index >= 15 is 0 Å². The first-order valence-corrected chi connectivity index (χ1v) is 24.1. The molecule has 0 aliphatic heterocycles. The van der Waals surface area contributed by atoms with Crippen molar-refractivity contribution in [1.82, 2.24) is 0 Å². The summed E-state index contributed by atoms with van der Waals surface area (Å²) in [6.07, 6.45) is -9.83. The van der Waals surface area contributed by atoms with Gasteiger partial charge in [-0.1, -0.05) is 36.4 Å². The lowest BCUT2D eigenvalue weighted by Crippen LogP contribution is -2.36. The van der Waals surface area contributed by atoms with Crippen LogP contribution < -0.4 is 39.9 Å². The minimum Gasteiger partial charge on any atom is -0.494 e. The molecule has 6 rings (SSSR count). The number of hydrogen-bond acceptors (Lipinski definition) is 12. The number of ketones is 2. The quantitative estimate of drug-likeness (QED) is 0.0139. The molecule has 6 aromatic rings. The number of halogens is 10. The maximum absolute atomic E-state index is 13.5. The number of rotatable bonds is 25. The molecule has 0 saturated heterocycles. The van der Waals surface area contributed by atoms with E-state index in [9.17, 15) is 63.1 Å². The lowest BCUT2D eigenvalue weighted by atomic mass is 9.90. The smallest absolute Gasteiger partial charge is 0.453 e. The van der Waals surface area contributed by atoms with Gasteiger partial charge in [0.25, 0.3) is 0 Å². The van der Waals surface area contributed by atoms with Crippen LogP contribution in [0.5, 0.6) is 34.5 Å². The molecule has 4 N–H and O–H groups in total. The van der Waals surface area contributed by atoms with E-state index in [4.69, 9.17) is 39.9 Å². The molecule has 0 bridgehead atoms. The van der Waals surface area contributed by atoms with Gasteiger partial charge in [0.1, 0.15) is 11.5 Å². The van der Waals surface area contributed by atoms with Gasteiger partial charge in [-0.05, 0) is 155 Å². The maximum atomic E-state index is 13.5. The van der Waals surface area contributed by atoms with Crippen molar-refractivity contribution in [3.05, 3.63) is 167 Å². The number of ether oxygens (including phenoxy) is 6. The Hall–Kier alpha value is -8.82. The number of nitrogen functional groups attached to an aromatic ring is 2. The number of carbonyl (C=O) groups is 4. The third-order valence-corrected chi connectivity index (χ3v) is 11.8. The van der Waals surface area contributed by atoms with Crippen molar-refractivity contribution < 1.29 is 91.5 Å². The molecule has 0 unspecified atom stereocenters. The molecular formula is C58H50F10N2O10. The van der Waals surface area contributed by atoms with Crippen LogP contribution in [0, 0.1) is 0 Å². The molecule has 0 fully saturated rings. The van der Waals surface area contributed by atoms with Crippen molar-refractivity contribution in [1.29, 1.82) is 0 Å². The summed E-state index contributed by atoms with van der Waals surface area (Å²) in [6.45, 7) is -0.839. The fourth-order valence-electron chi connectivity index (χ4n) is 7.61. The van der Waals surface area contributed by atoms with E-state index in [1.54, 1.807) is 48.5 Å².